The average molecular weight is 902 g/mol. The Labute approximate surface area is 343 Å². The number of nitrogens with zero attached hydrogens (tertiary/aromatic N) is 5. The fourth-order valence-electron chi connectivity index (χ4n) is 5.99. The second kappa shape index (κ2) is 25.5. The van der Waals surface area contributed by atoms with Crippen LogP contribution < -0.4 is 0 Å². The summed E-state index contributed by atoms with van der Waals surface area (Å²) in [6.45, 7) is 21.3. The molecular formula is C46H66N5O2Ta-3. The molecule has 0 aliphatic heterocycles. The van der Waals surface area contributed by atoms with Gasteiger partial charge in [0.25, 0.3) is 0 Å². The van der Waals surface area contributed by atoms with Gasteiger partial charge in [0.2, 0.25) is 11.8 Å². The summed E-state index contributed by atoms with van der Waals surface area (Å²) in [6.07, 6.45) is 0. The Morgan fingerprint density at radius 2 is 0.667 bits per heavy atom. The molecule has 0 heterocycles. The Hall–Kier alpha value is -3.56. The van der Waals surface area contributed by atoms with Crippen molar-refractivity contribution in [2.75, 3.05) is 42.3 Å². The summed E-state index contributed by atoms with van der Waals surface area (Å²) < 4.78 is 0. The molecule has 0 fully saturated rings. The number of para-hydroxylation sites is 2. The van der Waals surface area contributed by atoms with E-state index in [0.29, 0.717) is 11.1 Å². The zero-order valence-corrected chi connectivity index (χ0v) is 39.0. The third-order valence-electron chi connectivity index (χ3n) is 8.40. The van der Waals surface area contributed by atoms with Crippen LogP contribution in [0.25, 0.3) is 27.1 Å². The van der Waals surface area contributed by atoms with E-state index in [1.54, 1.807) is 42.3 Å². The van der Waals surface area contributed by atoms with Gasteiger partial charge in [0, 0.05) is 33.5 Å². The second-order valence-corrected chi connectivity index (χ2v) is 14.4. The quantitative estimate of drug-likeness (QED) is 0.129. The molecule has 54 heavy (non-hydrogen) atoms. The maximum atomic E-state index is 11.8. The van der Waals surface area contributed by atoms with Gasteiger partial charge in [-0.25, -0.2) is 9.98 Å². The zero-order chi connectivity index (χ0) is 40.4. The molecule has 0 aromatic heterocycles. The van der Waals surface area contributed by atoms with Crippen LogP contribution in [0.3, 0.4) is 0 Å². The van der Waals surface area contributed by atoms with Gasteiger partial charge in [-0.2, -0.15) is 42.3 Å². The number of aryl methyl sites for hydroxylation is 2. The second-order valence-electron chi connectivity index (χ2n) is 14.4. The van der Waals surface area contributed by atoms with E-state index < -0.39 is 0 Å². The first-order valence-electron chi connectivity index (χ1n) is 18.5. The maximum absolute atomic E-state index is 11.8. The number of aliphatic hydroxyl groups is 2. The maximum Gasteiger partial charge on any atom is 0.219 e. The molecule has 0 bridgehead atoms. The molecule has 0 spiro atoms. The van der Waals surface area contributed by atoms with Gasteiger partial charge in [-0.1, -0.05) is 116 Å². The molecule has 0 amide bonds. The van der Waals surface area contributed by atoms with Gasteiger partial charge in [-0.15, -0.1) is 0 Å². The normalized spacial score (nSPS) is 11.3. The van der Waals surface area contributed by atoms with E-state index in [2.05, 4.69) is 108 Å². The van der Waals surface area contributed by atoms with Gasteiger partial charge >= 0.3 is 0 Å². The monoisotopic (exact) mass is 901 g/mol. The number of hydrogen-bond acceptors (Lipinski definition) is 2. The molecule has 295 valence electrons. The Morgan fingerprint density at radius 1 is 0.444 bits per heavy atom. The summed E-state index contributed by atoms with van der Waals surface area (Å²) in [7, 11) is 10.5. The fourth-order valence-corrected chi connectivity index (χ4v) is 5.99. The van der Waals surface area contributed by atoms with Crippen LogP contribution in [0.1, 0.15) is 124 Å². The van der Waals surface area contributed by atoms with E-state index in [1.807, 2.05) is 50.2 Å². The van der Waals surface area contributed by atoms with Crippen LogP contribution in [0.5, 0.6) is 0 Å². The topological polar surface area (TPSA) is 107 Å². The first-order chi connectivity index (χ1) is 25.1. The number of aliphatic hydroxyl groups excluding tert-OH is 2. The zero-order valence-electron chi connectivity index (χ0n) is 35.8. The van der Waals surface area contributed by atoms with Crippen molar-refractivity contribution in [2.45, 2.75) is 92.9 Å². The first kappa shape index (κ1) is 50.4. The van der Waals surface area contributed by atoms with E-state index in [9.17, 15) is 10.2 Å². The number of aliphatic imine (C=N–C) groups is 2. The van der Waals surface area contributed by atoms with Crippen LogP contribution >= 0.6 is 0 Å². The first-order valence-corrected chi connectivity index (χ1v) is 18.5. The molecule has 7 nitrogen and oxygen atoms in total. The summed E-state index contributed by atoms with van der Waals surface area (Å²) in [6, 6.07) is 24.3. The van der Waals surface area contributed by atoms with Gasteiger partial charge in [0.05, 0.1) is 11.4 Å². The average Bonchev–Trinajstić information content (AvgIpc) is 3.09. The third-order valence-corrected chi connectivity index (χ3v) is 8.40. The van der Waals surface area contributed by atoms with Crippen LogP contribution in [-0.4, -0.2) is 64.3 Å². The molecule has 0 unspecified atom stereocenters. The minimum Gasteiger partial charge on any atom is -0.668 e. The fraction of sp³-hybridized carbons (Fsp3) is 0.435. The molecule has 4 aromatic rings. The molecule has 0 saturated heterocycles. The Kier molecular flexibility index (Phi) is 23.8. The molecule has 4 rings (SSSR count). The van der Waals surface area contributed by atoms with E-state index in [1.165, 1.54) is 0 Å². The number of benzene rings is 4. The summed E-state index contributed by atoms with van der Waals surface area (Å²) in [5.41, 5.74) is 10.9. The third kappa shape index (κ3) is 13.9. The molecule has 0 saturated carbocycles. The van der Waals surface area contributed by atoms with Gasteiger partial charge in [0.15, 0.2) is 0 Å². The van der Waals surface area contributed by atoms with Crippen molar-refractivity contribution >= 4 is 23.2 Å². The van der Waals surface area contributed by atoms with Gasteiger partial charge in [-0.3, -0.25) is 0 Å². The van der Waals surface area contributed by atoms with Crippen molar-refractivity contribution in [3.63, 3.8) is 0 Å². The van der Waals surface area contributed by atoms with Gasteiger partial charge in [-0.05, 0) is 94.2 Å². The van der Waals surface area contributed by atoms with E-state index in [-0.39, 0.29) is 57.8 Å². The standard InChI is InChI=1S/C40H48N2O2.3C2H6N.Ta/c1-23(2)29-17-13-18-30(24(3)4)37(29)41-39(43)33-21-11-15-27(9)35(33)36-28(10)16-12-22-34(36)40(44)42-38-31(25(5)6)19-14-20-32(38)26(7)8;3*1-3-2;/h11-26H,1-10H3,(H,41,43)(H,42,44);3*1-2H3;/q;3*-1;. The van der Waals surface area contributed by atoms with E-state index in [4.69, 9.17) is 9.98 Å². The van der Waals surface area contributed by atoms with Crippen molar-refractivity contribution < 1.29 is 32.6 Å². The minimum atomic E-state index is -0.0448. The van der Waals surface area contributed by atoms with Crippen LogP contribution in [-0.2, 0) is 22.4 Å². The number of rotatable bonds is 9. The van der Waals surface area contributed by atoms with Crippen molar-refractivity contribution in [1.82, 2.24) is 0 Å². The number of hydrogen-bond donors (Lipinski definition) is 2. The Morgan fingerprint density at radius 3 is 0.889 bits per heavy atom. The predicted molar refractivity (Wildman–Crippen MR) is 234 cm³/mol. The minimum absolute atomic E-state index is 0. The molecule has 0 atom stereocenters. The summed E-state index contributed by atoms with van der Waals surface area (Å²) in [4.78, 5) is 9.82. The SMILES string of the molecule is C[N-]C.C[N-]C.C[N-]C.Cc1cccc(C(O)=Nc2c(C(C)C)cccc2C(C)C)c1-c1c(C)cccc1C(O)=Nc1c(C(C)C)cccc1C(C)C.[Ta]. The molecule has 0 aliphatic carbocycles. The smallest absolute Gasteiger partial charge is 0.219 e. The summed E-state index contributed by atoms with van der Waals surface area (Å²) in [5.74, 6) is 0.902. The Balaban J connectivity index is 0.00000255. The summed E-state index contributed by atoms with van der Waals surface area (Å²) in [5, 5.41) is 34.0. The molecule has 1 radical (unpaired) electrons. The van der Waals surface area contributed by atoms with Gasteiger partial charge < -0.3 is 26.2 Å². The predicted octanol–water partition coefficient (Wildman–Crippen LogP) is 13.6. The van der Waals surface area contributed by atoms with Crippen molar-refractivity contribution in [3.05, 3.63) is 133 Å². The van der Waals surface area contributed by atoms with E-state index in [0.717, 1.165) is 55.9 Å². The molecule has 8 heteroatoms. The van der Waals surface area contributed by atoms with Gasteiger partial charge in [0.1, 0.15) is 0 Å². The summed E-state index contributed by atoms with van der Waals surface area (Å²) >= 11 is 0. The Bertz CT molecular complexity index is 1590. The molecule has 0 aliphatic rings. The van der Waals surface area contributed by atoms with Crippen LogP contribution in [0.2, 0.25) is 0 Å². The largest absolute Gasteiger partial charge is 0.668 e. The van der Waals surface area contributed by atoms with Crippen LogP contribution in [0.4, 0.5) is 11.4 Å². The molecule has 4 aromatic carbocycles. The van der Waals surface area contributed by atoms with Crippen LogP contribution in [0, 0.1) is 13.8 Å². The molecule has 2 N–H and O–H groups in total. The van der Waals surface area contributed by atoms with Crippen molar-refractivity contribution in [1.29, 1.82) is 0 Å². The van der Waals surface area contributed by atoms with Crippen LogP contribution in [0.15, 0.2) is 82.8 Å². The van der Waals surface area contributed by atoms with Crippen molar-refractivity contribution in [2.24, 2.45) is 9.98 Å². The molecular weight excluding hydrogens is 835 g/mol. The van der Waals surface area contributed by atoms with Crippen molar-refractivity contribution in [3.8, 4) is 11.1 Å². The van der Waals surface area contributed by atoms with E-state index >= 15 is 0 Å².